The molecule has 0 amide bonds. The van der Waals surface area contributed by atoms with Crippen molar-refractivity contribution >= 4 is 0 Å². The number of rotatable bonds is 3. The number of aliphatic hydroxyl groups excluding tert-OH is 1. The van der Waals surface area contributed by atoms with Gasteiger partial charge in [0.1, 0.15) is 5.82 Å². The molecular formula is C16H17FN2O. The second-order valence-electron chi connectivity index (χ2n) is 5.19. The van der Waals surface area contributed by atoms with E-state index in [0.29, 0.717) is 5.56 Å². The highest BCUT2D eigenvalue weighted by molar-refractivity contribution is 5.22. The maximum Gasteiger partial charge on any atom is 0.123 e. The molecule has 20 heavy (non-hydrogen) atoms. The molecule has 0 radical (unpaired) electrons. The highest BCUT2D eigenvalue weighted by atomic mass is 19.1. The van der Waals surface area contributed by atoms with E-state index >= 15 is 0 Å². The fraction of sp³-hybridized carbons (Fsp3) is 0.312. The van der Waals surface area contributed by atoms with Gasteiger partial charge in [0.05, 0.1) is 6.10 Å². The Kier molecular flexibility index (Phi) is 3.76. The predicted octanol–water partition coefficient (Wildman–Crippen LogP) is 2.75. The fourth-order valence-electron chi connectivity index (χ4n) is 2.79. The Hall–Kier alpha value is -1.78. The first kappa shape index (κ1) is 13.2. The lowest BCUT2D eigenvalue weighted by Gasteiger charge is -2.20. The van der Waals surface area contributed by atoms with Gasteiger partial charge in [-0.15, -0.1) is 0 Å². The summed E-state index contributed by atoms with van der Waals surface area (Å²) in [6, 6.07) is 10.3. The summed E-state index contributed by atoms with van der Waals surface area (Å²) >= 11 is 0. The molecule has 0 saturated carbocycles. The van der Waals surface area contributed by atoms with Crippen LogP contribution in [-0.4, -0.2) is 16.1 Å². The Morgan fingerprint density at radius 2 is 2.15 bits per heavy atom. The van der Waals surface area contributed by atoms with Crippen LogP contribution in [0.2, 0.25) is 0 Å². The molecule has 1 aromatic carbocycles. The first-order chi connectivity index (χ1) is 9.74. The molecule has 2 heterocycles. The van der Waals surface area contributed by atoms with E-state index in [1.807, 2.05) is 18.3 Å². The molecule has 1 aromatic heterocycles. The van der Waals surface area contributed by atoms with E-state index in [0.717, 1.165) is 18.4 Å². The van der Waals surface area contributed by atoms with Crippen molar-refractivity contribution in [2.24, 2.45) is 0 Å². The zero-order valence-corrected chi connectivity index (χ0v) is 11.0. The molecule has 1 saturated heterocycles. The van der Waals surface area contributed by atoms with Gasteiger partial charge in [0.15, 0.2) is 0 Å². The van der Waals surface area contributed by atoms with Gasteiger partial charge in [-0.2, -0.15) is 0 Å². The van der Waals surface area contributed by atoms with Crippen LogP contribution < -0.4 is 5.32 Å². The van der Waals surface area contributed by atoms with Gasteiger partial charge in [-0.25, -0.2) is 4.39 Å². The molecule has 1 aliphatic rings. The predicted molar refractivity (Wildman–Crippen MR) is 74.5 cm³/mol. The van der Waals surface area contributed by atoms with Gasteiger partial charge in [0.25, 0.3) is 0 Å². The summed E-state index contributed by atoms with van der Waals surface area (Å²) in [6.07, 6.45) is 4.71. The number of aromatic nitrogens is 1. The average molecular weight is 272 g/mol. The summed E-state index contributed by atoms with van der Waals surface area (Å²) in [7, 11) is 0. The molecular weight excluding hydrogens is 255 g/mol. The van der Waals surface area contributed by atoms with Crippen LogP contribution in [0.4, 0.5) is 4.39 Å². The number of pyridine rings is 1. The van der Waals surface area contributed by atoms with Gasteiger partial charge < -0.3 is 10.4 Å². The lowest BCUT2D eigenvalue weighted by Crippen LogP contribution is -2.30. The van der Waals surface area contributed by atoms with Crippen molar-refractivity contribution in [3.63, 3.8) is 0 Å². The Morgan fingerprint density at radius 3 is 2.90 bits per heavy atom. The number of nitrogens with zero attached hydrogens (tertiary/aromatic N) is 1. The number of aliphatic hydroxyl groups is 1. The third-order valence-electron chi connectivity index (χ3n) is 3.84. The monoisotopic (exact) mass is 272 g/mol. The SMILES string of the molecule is O[C@H](c1cccc(F)c1)[C@H]1CC[C@H](c2cccnc2)N1. The minimum Gasteiger partial charge on any atom is -0.387 e. The van der Waals surface area contributed by atoms with Crippen molar-refractivity contribution < 1.29 is 9.50 Å². The van der Waals surface area contributed by atoms with Crippen LogP contribution in [0.15, 0.2) is 48.8 Å². The highest BCUT2D eigenvalue weighted by Crippen LogP contribution is 2.32. The molecule has 104 valence electrons. The van der Waals surface area contributed by atoms with Gasteiger partial charge in [-0.1, -0.05) is 18.2 Å². The molecule has 4 heteroatoms. The van der Waals surface area contributed by atoms with Gasteiger partial charge in [-0.3, -0.25) is 4.98 Å². The van der Waals surface area contributed by atoms with Crippen LogP contribution in [0, 0.1) is 5.82 Å². The van der Waals surface area contributed by atoms with Crippen LogP contribution in [0.25, 0.3) is 0 Å². The fourth-order valence-corrected chi connectivity index (χ4v) is 2.79. The average Bonchev–Trinajstić information content (AvgIpc) is 2.97. The van der Waals surface area contributed by atoms with E-state index in [4.69, 9.17) is 0 Å². The van der Waals surface area contributed by atoms with Crippen LogP contribution in [0.3, 0.4) is 0 Å². The first-order valence-corrected chi connectivity index (χ1v) is 6.83. The van der Waals surface area contributed by atoms with Crippen molar-refractivity contribution in [2.45, 2.75) is 31.0 Å². The lowest BCUT2D eigenvalue weighted by molar-refractivity contribution is 0.135. The summed E-state index contributed by atoms with van der Waals surface area (Å²) in [4.78, 5) is 4.12. The number of halogens is 1. The van der Waals surface area contributed by atoms with Gasteiger partial charge in [0, 0.05) is 24.5 Å². The van der Waals surface area contributed by atoms with E-state index in [-0.39, 0.29) is 17.9 Å². The van der Waals surface area contributed by atoms with Gasteiger partial charge in [-0.05, 0) is 42.2 Å². The molecule has 2 N–H and O–H groups in total. The number of hydrogen-bond donors (Lipinski definition) is 2. The zero-order chi connectivity index (χ0) is 13.9. The summed E-state index contributed by atoms with van der Waals surface area (Å²) in [5, 5.41) is 13.8. The molecule has 3 atom stereocenters. The zero-order valence-electron chi connectivity index (χ0n) is 11.0. The van der Waals surface area contributed by atoms with E-state index in [1.165, 1.54) is 12.1 Å². The number of nitrogens with one attached hydrogen (secondary N) is 1. The summed E-state index contributed by atoms with van der Waals surface area (Å²) in [6.45, 7) is 0. The maximum absolute atomic E-state index is 13.2. The molecule has 3 rings (SSSR count). The second kappa shape index (κ2) is 5.69. The third-order valence-corrected chi connectivity index (χ3v) is 3.84. The highest BCUT2D eigenvalue weighted by Gasteiger charge is 2.30. The van der Waals surface area contributed by atoms with Crippen LogP contribution in [0.1, 0.15) is 36.1 Å². The quantitative estimate of drug-likeness (QED) is 0.903. The van der Waals surface area contributed by atoms with Crippen molar-refractivity contribution in [3.8, 4) is 0 Å². The topological polar surface area (TPSA) is 45.2 Å². The molecule has 3 nitrogen and oxygen atoms in total. The molecule has 0 unspecified atom stereocenters. The largest absolute Gasteiger partial charge is 0.387 e. The van der Waals surface area contributed by atoms with E-state index in [1.54, 1.807) is 18.3 Å². The number of hydrogen-bond acceptors (Lipinski definition) is 3. The van der Waals surface area contributed by atoms with E-state index < -0.39 is 6.10 Å². The summed E-state index contributed by atoms with van der Waals surface area (Å²) in [5.74, 6) is -0.316. The van der Waals surface area contributed by atoms with E-state index in [2.05, 4.69) is 10.3 Å². The van der Waals surface area contributed by atoms with Crippen molar-refractivity contribution in [3.05, 3.63) is 65.7 Å². The first-order valence-electron chi connectivity index (χ1n) is 6.83. The molecule has 1 aliphatic heterocycles. The smallest absolute Gasteiger partial charge is 0.123 e. The summed E-state index contributed by atoms with van der Waals surface area (Å²) < 4.78 is 13.2. The molecule has 0 aliphatic carbocycles. The Balaban J connectivity index is 1.71. The molecule has 1 fully saturated rings. The Morgan fingerprint density at radius 1 is 1.25 bits per heavy atom. The van der Waals surface area contributed by atoms with Crippen LogP contribution >= 0.6 is 0 Å². The summed E-state index contributed by atoms with van der Waals surface area (Å²) in [5.41, 5.74) is 1.75. The Labute approximate surface area is 117 Å². The van der Waals surface area contributed by atoms with Crippen molar-refractivity contribution in [1.29, 1.82) is 0 Å². The van der Waals surface area contributed by atoms with Gasteiger partial charge in [0.2, 0.25) is 0 Å². The van der Waals surface area contributed by atoms with E-state index in [9.17, 15) is 9.50 Å². The maximum atomic E-state index is 13.2. The normalized spacial score (nSPS) is 23.7. The van der Waals surface area contributed by atoms with Crippen LogP contribution in [0.5, 0.6) is 0 Å². The van der Waals surface area contributed by atoms with Gasteiger partial charge >= 0.3 is 0 Å². The van der Waals surface area contributed by atoms with Crippen molar-refractivity contribution in [2.75, 3.05) is 0 Å². The standard InChI is InChI=1S/C16H17FN2O/c17-13-5-1-3-11(9-13)16(20)15-7-6-14(19-15)12-4-2-8-18-10-12/h1-5,8-10,14-16,19-20H,6-7H2/t14-,15-,16-/m1/s1. The molecule has 0 bridgehead atoms. The Bertz CT molecular complexity index is 576. The third kappa shape index (κ3) is 2.71. The molecule has 2 aromatic rings. The molecule has 0 spiro atoms. The lowest BCUT2D eigenvalue weighted by atomic mass is 10.0. The van der Waals surface area contributed by atoms with Crippen molar-refractivity contribution in [1.82, 2.24) is 10.3 Å². The number of benzene rings is 1. The minimum atomic E-state index is -0.688. The minimum absolute atomic E-state index is 0.0537. The second-order valence-corrected chi connectivity index (χ2v) is 5.19. The van der Waals surface area contributed by atoms with Crippen LogP contribution in [-0.2, 0) is 0 Å².